The summed E-state index contributed by atoms with van der Waals surface area (Å²) in [4.78, 5) is 4.44. The first kappa shape index (κ1) is 12.4. The van der Waals surface area contributed by atoms with E-state index in [0.29, 0.717) is 6.10 Å². The lowest BCUT2D eigenvalue weighted by Crippen LogP contribution is -2.22. The molecule has 3 nitrogen and oxygen atoms in total. The zero-order valence-electron chi connectivity index (χ0n) is 11.1. The number of aromatic nitrogens is 1. The topological polar surface area (TPSA) is 34.1 Å². The predicted molar refractivity (Wildman–Crippen MR) is 78.4 cm³/mol. The van der Waals surface area contributed by atoms with Gasteiger partial charge in [-0.25, -0.2) is 4.98 Å². The molecule has 2 heterocycles. The molecule has 0 amide bonds. The fourth-order valence-corrected chi connectivity index (χ4v) is 2.65. The summed E-state index contributed by atoms with van der Waals surface area (Å²) in [5.41, 5.74) is 0. The number of hydrogen-bond donors (Lipinski definition) is 1. The number of hydrogen-bond acceptors (Lipinski definition) is 3. The molecular formula is C16H20N2O. The van der Waals surface area contributed by atoms with Crippen molar-refractivity contribution in [2.45, 2.75) is 31.8 Å². The molecule has 1 aromatic carbocycles. The van der Waals surface area contributed by atoms with Crippen LogP contribution in [0, 0.1) is 0 Å². The summed E-state index contributed by atoms with van der Waals surface area (Å²) in [7, 11) is 0. The summed E-state index contributed by atoms with van der Waals surface area (Å²) in [5.74, 6) is 0.980. The third-order valence-corrected chi connectivity index (χ3v) is 3.71. The fraction of sp³-hybridized carbons (Fsp3) is 0.438. The largest absolute Gasteiger partial charge is 0.378 e. The highest BCUT2D eigenvalue weighted by molar-refractivity contribution is 5.91. The maximum Gasteiger partial charge on any atom is 0.133 e. The maximum absolute atomic E-state index is 5.74. The minimum Gasteiger partial charge on any atom is -0.378 e. The van der Waals surface area contributed by atoms with Gasteiger partial charge in [-0.2, -0.15) is 0 Å². The summed E-state index contributed by atoms with van der Waals surface area (Å²) in [6, 6.07) is 10.4. The average molecular weight is 256 g/mol. The molecule has 0 bridgehead atoms. The minimum atomic E-state index is 0.427. The van der Waals surface area contributed by atoms with Crippen LogP contribution in [0.4, 0.5) is 5.82 Å². The van der Waals surface area contributed by atoms with Gasteiger partial charge in [0.05, 0.1) is 6.10 Å². The summed E-state index contributed by atoms with van der Waals surface area (Å²) in [6.45, 7) is 1.85. The molecule has 1 unspecified atom stereocenters. The normalized spacial score (nSPS) is 19.5. The van der Waals surface area contributed by atoms with E-state index in [1.54, 1.807) is 0 Å². The first-order chi connectivity index (χ1) is 9.43. The minimum absolute atomic E-state index is 0.427. The Bertz CT molecular complexity index is 530. The summed E-state index contributed by atoms with van der Waals surface area (Å²) < 4.78 is 5.74. The molecule has 0 aliphatic carbocycles. The van der Waals surface area contributed by atoms with Crippen LogP contribution in [0.25, 0.3) is 10.8 Å². The van der Waals surface area contributed by atoms with E-state index in [4.69, 9.17) is 4.74 Å². The Kier molecular flexibility index (Phi) is 3.94. The van der Waals surface area contributed by atoms with Gasteiger partial charge in [-0.05, 0) is 37.1 Å². The third-order valence-electron chi connectivity index (χ3n) is 3.71. The molecule has 1 aliphatic heterocycles. The van der Waals surface area contributed by atoms with E-state index in [0.717, 1.165) is 25.4 Å². The molecule has 1 fully saturated rings. The second kappa shape index (κ2) is 6.02. The zero-order chi connectivity index (χ0) is 12.9. The molecule has 1 aliphatic rings. The van der Waals surface area contributed by atoms with Crippen LogP contribution < -0.4 is 5.32 Å². The van der Waals surface area contributed by atoms with Gasteiger partial charge < -0.3 is 10.1 Å². The second-order valence-electron chi connectivity index (χ2n) is 5.08. The highest BCUT2D eigenvalue weighted by Crippen LogP contribution is 2.21. The van der Waals surface area contributed by atoms with Crippen LogP contribution in [0.1, 0.15) is 25.7 Å². The van der Waals surface area contributed by atoms with E-state index in [-0.39, 0.29) is 0 Å². The first-order valence-electron chi connectivity index (χ1n) is 7.13. The Hall–Kier alpha value is -1.61. The highest BCUT2D eigenvalue weighted by Gasteiger charge is 2.13. The fourth-order valence-electron chi connectivity index (χ4n) is 2.65. The Balaban J connectivity index is 1.62. The number of ether oxygens (including phenoxy) is 1. The molecule has 0 saturated carbocycles. The van der Waals surface area contributed by atoms with E-state index in [1.165, 1.54) is 30.0 Å². The molecule has 1 atom stereocenters. The van der Waals surface area contributed by atoms with E-state index < -0.39 is 0 Å². The van der Waals surface area contributed by atoms with E-state index in [2.05, 4.69) is 34.6 Å². The number of nitrogens with zero attached hydrogens (tertiary/aromatic N) is 1. The number of benzene rings is 1. The van der Waals surface area contributed by atoms with Gasteiger partial charge in [-0.1, -0.05) is 24.3 Å². The second-order valence-corrected chi connectivity index (χ2v) is 5.08. The van der Waals surface area contributed by atoms with Crippen molar-refractivity contribution in [1.29, 1.82) is 0 Å². The molecule has 0 radical (unpaired) electrons. The number of rotatable bonds is 4. The molecular weight excluding hydrogens is 236 g/mol. The van der Waals surface area contributed by atoms with Crippen LogP contribution in [0.2, 0.25) is 0 Å². The Morgan fingerprint density at radius 2 is 2.16 bits per heavy atom. The lowest BCUT2D eigenvalue weighted by Gasteiger charge is -2.22. The van der Waals surface area contributed by atoms with Crippen molar-refractivity contribution in [3.8, 4) is 0 Å². The van der Waals surface area contributed by atoms with Crippen LogP contribution in [-0.2, 0) is 4.74 Å². The van der Waals surface area contributed by atoms with Crippen molar-refractivity contribution in [1.82, 2.24) is 4.98 Å². The SMILES string of the molecule is c1ccc2c(NCCC3CCCCO3)nccc2c1. The van der Waals surface area contributed by atoms with Crippen LogP contribution in [-0.4, -0.2) is 24.2 Å². The van der Waals surface area contributed by atoms with Crippen molar-refractivity contribution in [3.05, 3.63) is 36.5 Å². The van der Waals surface area contributed by atoms with Gasteiger partial charge in [-0.3, -0.25) is 0 Å². The van der Waals surface area contributed by atoms with Crippen molar-refractivity contribution < 1.29 is 4.74 Å². The molecule has 0 spiro atoms. The summed E-state index contributed by atoms with van der Waals surface area (Å²) >= 11 is 0. The van der Waals surface area contributed by atoms with Crippen molar-refractivity contribution >= 4 is 16.6 Å². The van der Waals surface area contributed by atoms with Crippen LogP contribution in [0.15, 0.2) is 36.5 Å². The van der Waals surface area contributed by atoms with Gasteiger partial charge >= 0.3 is 0 Å². The van der Waals surface area contributed by atoms with Crippen LogP contribution in [0.3, 0.4) is 0 Å². The van der Waals surface area contributed by atoms with E-state index in [9.17, 15) is 0 Å². The molecule has 2 aromatic rings. The Morgan fingerprint density at radius 1 is 1.21 bits per heavy atom. The monoisotopic (exact) mass is 256 g/mol. The first-order valence-corrected chi connectivity index (χ1v) is 7.13. The number of pyridine rings is 1. The standard InChI is InChI=1S/C16H20N2O/c1-2-7-15-13(5-1)8-10-17-16(15)18-11-9-14-6-3-4-12-19-14/h1-2,5,7-8,10,14H,3-4,6,9,11-12H2,(H,17,18). The quantitative estimate of drug-likeness (QED) is 0.907. The summed E-state index contributed by atoms with van der Waals surface area (Å²) in [5, 5.41) is 5.86. The van der Waals surface area contributed by atoms with Gasteiger partial charge in [0.15, 0.2) is 0 Å². The lowest BCUT2D eigenvalue weighted by molar-refractivity contribution is 0.0134. The van der Waals surface area contributed by atoms with Crippen molar-refractivity contribution in [2.75, 3.05) is 18.5 Å². The van der Waals surface area contributed by atoms with E-state index >= 15 is 0 Å². The zero-order valence-corrected chi connectivity index (χ0v) is 11.1. The van der Waals surface area contributed by atoms with Crippen molar-refractivity contribution in [3.63, 3.8) is 0 Å². The number of anilines is 1. The van der Waals surface area contributed by atoms with Gasteiger partial charge in [0.2, 0.25) is 0 Å². The van der Waals surface area contributed by atoms with Crippen LogP contribution in [0.5, 0.6) is 0 Å². The number of nitrogens with one attached hydrogen (secondary N) is 1. The smallest absolute Gasteiger partial charge is 0.133 e. The van der Waals surface area contributed by atoms with Crippen LogP contribution >= 0.6 is 0 Å². The number of fused-ring (bicyclic) bond motifs is 1. The highest BCUT2D eigenvalue weighted by atomic mass is 16.5. The van der Waals surface area contributed by atoms with Gasteiger partial charge in [-0.15, -0.1) is 0 Å². The molecule has 100 valence electrons. The maximum atomic E-state index is 5.74. The molecule has 3 heteroatoms. The average Bonchev–Trinajstić information content (AvgIpc) is 2.49. The Labute approximate surface area is 114 Å². The Morgan fingerprint density at radius 3 is 3.05 bits per heavy atom. The van der Waals surface area contributed by atoms with Gasteiger partial charge in [0.25, 0.3) is 0 Å². The molecule has 1 N–H and O–H groups in total. The molecule has 19 heavy (non-hydrogen) atoms. The summed E-state index contributed by atoms with van der Waals surface area (Å²) in [6.07, 6.45) is 7.07. The lowest BCUT2D eigenvalue weighted by atomic mass is 10.1. The molecule has 1 aromatic heterocycles. The predicted octanol–water partition coefficient (Wildman–Crippen LogP) is 3.61. The van der Waals surface area contributed by atoms with Crippen molar-refractivity contribution in [2.24, 2.45) is 0 Å². The van der Waals surface area contributed by atoms with E-state index in [1.807, 2.05) is 12.3 Å². The van der Waals surface area contributed by atoms with Gasteiger partial charge in [0.1, 0.15) is 5.82 Å². The van der Waals surface area contributed by atoms with Gasteiger partial charge in [0, 0.05) is 24.7 Å². The molecule has 3 rings (SSSR count). The molecule has 1 saturated heterocycles. The third kappa shape index (κ3) is 3.04.